The first-order chi connectivity index (χ1) is 19.0. The van der Waals surface area contributed by atoms with Gasteiger partial charge >= 0.3 is 19.5 Å². The third kappa shape index (κ3) is 7.25. The standard InChI is InChI=1S/C20H32N5O15P/c1-7(26)23-12-8(27)4-20(18(32)33,39-16(12)13(29)9(28)5-21)40-41(35,36)37-6-10-14(30)15(31)17(38-10)25-3-2-11(22)24-19(25)34/h2-3,8-10,12-17,27-31H,4-6,21H2,1H3,(H,23,26)(H,32,33)(H,35,36)(H2,22,24,34)/t8-,9+,10+,12+,13+,14+,15+,16+,17+,20+/m0/s1. The van der Waals surface area contributed by atoms with E-state index in [2.05, 4.69) is 10.3 Å². The summed E-state index contributed by atoms with van der Waals surface area (Å²) in [6.07, 6.45) is -14.1. The van der Waals surface area contributed by atoms with Gasteiger partial charge < -0.3 is 61.8 Å². The number of phosphoric acid groups is 1. The third-order valence-corrected chi connectivity index (χ3v) is 7.37. The Labute approximate surface area is 230 Å². The van der Waals surface area contributed by atoms with Crippen molar-refractivity contribution < 1.29 is 68.2 Å². The van der Waals surface area contributed by atoms with Gasteiger partial charge in [-0.25, -0.2) is 18.7 Å². The van der Waals surface area contributed by atoms with E-state index >= 15 is 0 Å². The van der Waals surface area contributed by atoms with Crippen molar-refractivity contribution >= 4 is 25.5 Å². The summed E-state index contributed by atoms with van der Waals surface area (Å²) < 4.78 is 33.9. The number of anilines is 1. The number of rotatable bonds is 11. The molecule has 3 rings (SSSR count). The number of amides is 1. The van der Waals surface area contributed by atoms with Gasteiger partial charge in [-0.1, -0.05) is 0 Å². The van der Waals surface area contributed by atoms with Crippen molar-refractivity contribution in [3.05, 3.63) is 22.7 Å². The molecule has 3 heterocycles. The highest BCUT2D eigenvalue weighted by atomic mass is 31.2. The van der Waals surface area contributed by atoms with Gasteiger partial charge in [0, 0.05) is 26.1 Å². The molecule has 1 unspecified atom stereocenters. The van der Waals surface area contributed by atoms with Gasteiger partial charge in [-0.15, -0.1) is 0 Å². The number of carboxylic acid groups (broad SMARTS) is 1. The quantitative estimate of drug-likeness (QED) is 0.104. The molecule has 12 N–H and O–H groups in total. The first-order valence-electron chi connectivity index (χ1n) is 12.0. The molecule has 0 spiro atoms. The zero-order valence-electron chi connectivity index (χ0n) is 21.4. The van der Waals surface area contributed by atoms with Gasteiger partial charge in [-0.2, -0.15) is 4.98 Å². The number of phosphoric ester groups is 1. The maximum atomic E-state index is 12.8. The smallest absolute Gasteiger partial charge is 0.475 e. The fourth-order valence-electron chi connectivity index (χ4n) is 4.35. The Bertz CT molecular complexity index is 1220. The van der Waals surface area contributed by atoms with Gasteiger partial charge in [-0.3, -0.25) is 13.9 Å². The molecule has 0 bridgehead atoms. The number of carboxylic acids is 1. The minimum atomic E-state index is -5.49. The van der Waals surface area contributed by atoms with Crippen molar-refractivity contribution in [2.45, 2.75) is 74.1 Å². The number of aliphatic hydroxyl groups is 5. The largest absolute Gasteiger partial charge is 0.477 e. The maximum Gasteiger partial charge on any atom is 0.475 e. The van der Waals surface area contributed by atoms with Gasteiger partial charge in [0.2, 0.25) is 5.91 Å². The number of aliphatic hydroxyl groups excluding tert-OH is 5. The average Bonchev–Trinajstić information content (AvgIpc) is 3.16. The molecular weight excluding hydrogens is 581 g/mol. The summed E-state index contributed by atoms with van der Waals surface area (Å²) in [5.74, 6) is -6.09. The molecule has 1 aromatic heterocycles. The molecule has 0 saturated carbocycles. The number of hydrogen-bond donors (Lipinski definition) is 10. The fraction of sp³-hybridized carbons (Fsp3) is 0.700. The molecule has 1 amide bonds. The lowest BCUT2D eigenvalue weighted by Gasteiger charge is -2.46. The summed E-state index contributed by atoms with van der Waals surface area (Å²) >= 11 is 0. The highest BCUT2D eigenvalue weighted by Crippen LogP contribution is 2.51. The van der Waals surface area contributed by atoms with Gasteiger partial charge in [-0.05, 0) is 6.07 Å². The van der Waals surface area contributed by atoms with E-state index in [9.17, 15) is 54.5 Å². The minimum Gasteiger partial charge on any atom is -0.477 e. The van der Waals surface area contributed by atoms with Crippen molar-refractivity contribution in [1.29, 1.82) is 0 Å². The van der Waals surface area contributed by atoms with Crippen LogP contribution in [0.4, 0.5) is 5.82 Å². The number of nitrogens with one attached hydrogen (secondary N) is 1. The molecule has 0 radical (unpaired) electrons. The number of nitrogens with zero attached hydrogens (tertiary/aromatic N) is 2. The van der Waals surface area contributed by atoms with Crippen molar-refractivity contribution in [2.24, 2.45) is 5.73 Å². The number of aliphatic carboxylic acids is 1. The summed E-state index contributed by atoms with van der Waals surface area (Å²) in [5.41, 5.74) is 9.80. The Morgan fingerprint density at radius 3 is 2.54 bits per heavy atom. The van der Waals surface area contributed by atoms with Crippen molar-refractivity contribution in [3.63, 3.8) is 0 Å². The highest BCUT2D eigenvalue weighted by molar-refractivity contribution is 7.47. The predicted octanol–water partition coefficient (Wildman–Crippen LogP) is -5.31. The van der Waals surface area contributed by atoms with Crippen molar-refractivity contribution in [1.82, 2.24) is 14.9 Å². The van der Waals surface area contributed by atoms with E-state index in [4.69, 9.17) is 30.0 Å². The van der Waals surface area contributed by atoms with E-state index in [-0.39, 0.29) is 5.82 Å². The van der Waals surface area contributed by atoms with Crippen LogP contribution in [0.3, 0.4) is 0 Å². The Morgan fingerprint density at radius 1 is 1.32 bits per heavy atom. The Balaban J connectivity index is 1.79. The van der Waals surface area contributed by atoms with E-state index in [0.29, 0.717) is 0 Å². The van der Waals surface area contributed by atoms with Crippen LogP contribution in [0.1, 0.15) is 19.6 Å². The molecule has 2 aliphatic rings. The number of hydrogen-bond acceptors (Lipinski definition) is 16. The fourth-order valence-corrected chi connectivity index (χ4v) is 5.30. The molecule has 20 nitrogen and oxygen atoms in total. The lowest BCUT2D eigenvalue weighted by Crippen LogP contribution is -2.67. The normalized spacial score (nSPS) is 34.9. The number of carbonyl (C=O) groups excluding carboxylic acids is 1. The van der Waals surface area contributed by atoms with E-state index in [1.165, 1.54) is 6.07 Å². The predicted molar refractivity (Wildman–Crippen MR) is 130 cm³/mol. The monoisotopic (exact) mass is 613 g/mol. The summed E-state index contributed by atoms with van der Waals surface area (Å²) in [6, 6.07) is -0.300. The second kappa shape index (κ2) is 12.7. The van der Waals surface area contributed by atoms with Crippen LogP contribution >= 0.6 is 7.82 Å². The molecule has 2 saturated heterocycles. The Hall–Kier alpha value is -2.59. The van der Waals surface area contributed by atoms with Crippen LogP contribution in [0, 0.1) is 0 Å². The van der Waals surface area contributed by atoms with Crippen molar-refractivity contribution in [3.8, 4) is 0 Å². The Morgan fingerprint density at radius 2 is 1.98 bits per heavy atom. The summed E-state index contributed by atoms with van der Waals surface area (Å²) in [7, 11) is -5.49. The summed E-state index contributed by atoms with van der Waals surface area (Å²) in [5, 5.41) is 63.8. The number of nitrogens with two attached hydrogens (primary N) is 2. The number of carbonyl (C=O) groups is 2. The topological polar surface area (TPSA) is 329 Å². The van der Waals surface area contributed by atoms with Gasteiger partial charge in [0.1, 0.15) is 36.3 Å². The van der Waals surface area contributed by atoms with Crippen LogP contribution in [0.15, 0.2) is 17.1 Å². The zero-order valence-corrected chi connectivity index (χ0v) is 22.3. The molecule has 11 atom stereocenters. The van der Waals surface area contributed by atoms with Gasteiger partial charge in [0.15, 0.2) is 6.23 Å². The molecule has 232 valence electrons. The first-order valence-corrected chi connectivity index (χ1v) is 13.5. The van der Waals surface area contributed by atoms with E-state index in [1.54, 1.807) is 0 Å². The van der Waals surface area contributed by atoms with Crippen molar-refractivity contribution in [2.75, 3.05) is 18.9 Å². The average molecular weight is 613 g/mol. The third-order valence-electron chi connectivity index (χ3n) is 6.37. The minimum absolute atomic E-state index is 0.129. The second-order valence-corrected chi connectivity index (χ2v) is 10.8. The number of aromatic nitrogens is 2. The molecule has 2 aliphatic heterocycles. The van der Waals surface area contributed by atoms with Crippen LogP contribution in [0.25, 0.3) is 0 Å². The molecule has 1 aromatic rings. The molecular formula is C20H32N5O15P. The van der Waals surface area contributed by atoms with E-state index in [1.807, 2.05) is 0 Å². The van der Waals surface area contributed by atoms with E-state index < -0.39 is 106 Å². The number of ether oxygens (including phenoxy) is 2. The SMILES string of the molecule is CC(=O)N[C@H]1[C@H]([C@H](O)[C@H](O)CN)O[C@](OP(=O)(O)OC[C@H]2O[C@@H](n3ccc(N)nc3=O)[C@H](O)[C@@H]2O)(C(=O)O)C[C@@H]1O. The van der Waals surface area contributed by atoms with Crippen LogP contribution in [0.5, 0.6) is 0 Å². The second-order valence-electron chi connectivity index (χ2n) is 9.38. The van der Waals surface area contributed by atoms with Crippen LogP contribution in [-0.4, -0.2) is 125 Å². The number of nitrogen functional groups attached to an aromatic ring is 1. The summed E-state index contributed by atoms with van der Waals surface area (Å²) in [4.78, 5) is 49.7. The van der Waals surface area contributed by atoms with Gasteiger partial charge in [0.25, 0.3) is 5.79 Å². The highest BCUT2D eigenvalue weighted by Gasteiger charge is 2.59. The molecule has 0 aromatic carbocycles. The molecule has 21 heteroatoms. The first kappa shape index (κ1) is 32.9. The lowest BCUT2D eigenvalue weighted by molar-refractivity contribution is -0.287. The molecule has 41 heavy (non-hydrogen) atoms. The van der Waals surface area contributed by atoms with Crippen LogP contribution < -0.4 is 22.5 Å². The summed E-state index contributed by atoms with van der Waals surface area (Å²) in [6.45, 7) is -0.506. The molecule has 2 fully saturated rings. The molecule has 0 aliphatic carbocycles. The van der Waals surface area contributed by atoms with Gasteiger partial charge in [0.05, 0.1) is 24.9 Å². The van der Waals surface area contributed by atoms with E-state index in [0.717, 1.165) is 17.7 Å². The maximum absolute atomic E-state index is 12.8. The zero-order chi connectivity index (χ0) is 30.9. The van der Waals surface area contributed by atoms with Crippen LogP contribution in [-0.2, 0) is 32.7 Å². The Kier molecular flexibility index (Phi) is 10.2. The van der Waals surface area contributed by atoms with Crippen LogP contribution in [0.2, 0.25) is 0 Å². The lowest BCUT2D eigenvalue weighted by atomic mass is 9.88.